The first-order chi connectivity index (χ1) is 13.6. The molecule has 2 heterocycles. The van der Waals surface area contributed by atoms with E-state index in [9.17, 15) is 13.6 Å². The van der Waals surface area contributed by atoms with Crippen molar-refractivity contribution >= 4 is 17.8 Å². The third-order valence-electron chi connectivity index (χ3n) is 4.76. The molecule has 5 nitrogen and oxygen atoms in total. The molecule has 0 aliphatic carbocycles. The number of carbonyl (C=O) groups is 1. The molecule has 0 bridgehead atoms. The predicted molar refractivity (Wildman–Crippen MR) is 101 cm³/mol. The Bertz CT molecular complexity index is 894. The summed E-state index contributed by atoms with van der Waals surface area (Å²) >= 11 is 1.47. The molecule has 0 aromatic heterocycles. The van der Waals surface area contributed by atoms with E-state index in [2.05, 4.69) is 10.6 Å². The summed E-state index contributed by atoms with van der Waals surface area (Å²) < 4.78 is 38.4. The monoisotopic (exact) mass is 406 g/mol. The van der Waals surface area contributed by atoms with E-state index in [0.29, 0.717) is 41.3 Å². The van der Waals surface area contributed by atoms with Crippen LogP contribution in [0.4, 0.5) is 13.6 Å². The van der Waals surface area contributed by atoms with Crippen LogP contribution in [0.3, 0.4) is 0 Å². The van der Waals surface area contributed by atoms with Gasteiger partial charge < -0.3 is 20.1 Å². The van der Waals surface area contributed by atoms with Crippen LogP contribution in [0.2, 0.25) is 0 Å². The fourth-order valence-corrected chi connectivity index (χ4v) is 4.64. The average molecular weight is 406 g/mol. The van der Waals surface area contributed by atoms with Crippen LogP contribution in [-0.4, -0.2) is 25.1 Å². The van der Waals surface area contributed by atoms with Crippen LogP contribution in [0, 0.1) is 11.6 Å². The Morgan fingerprint density at radius 2 is 2.18 bits per heavy atom. The van der Waals surface area contributed by atoms with Gasteiger partial charge >= 0.3 is 6.03 Å². The smallest absolute Gasteiger partial charge is 0.315 e. The molecule has 8 heteroatoms. The number of amides is 2. The number of ether oxygens (including phenoxy) is 2. The lowest BCUT2D eigenvalue weighted by atomic mass is 10.0. The van der Waals surface area contributed by atoms with Gasteiger partial charge in [-0.05, 0) is 42.2 Å². The van der Waals surface area contributed by atoms with Gasteiger partial charge in [-0.15, -0.1) is 11.8 Å². The first-order valence-electron chi connectivity index (χ1n) is 9.09. The molecule has 2 N–H and O–H groups in total. The van der Waals surface area contributed by atoms with Crippen LogP contribution in [-0.2, 0) is 17.8 Å². The first kappa shape index (κ1) is 19.0. The summed E-state index contributed by atoms with van der Waals surface area (Å²) in [6.45, 7) is 0.766. The third kappa shape index (κ3) is 4.07. The van der Waals surface area contributed by atoms with Crippen molar-refractivity contribution in [3.05, 3.63) is 58.7 Å². The first-order valence-corrected chi connectivity index (χ1v) is 10.1. The average Bonchev–Trinajstić information content (AvgIpc) is 2.68. The standard InChI is InChI=1S/C20H20F2N2O3S/c21-14-8-12(18-13(9-14)10-26-11-27-18)4-6-23-20(25)24-17-5-7-28-19-15(17)2-1-3-16(19)22/h1-3,8-9,17H,4-7,10-11H2,(H2,23,24,25)/t17-/m1/s1. The van der Waals surface area contributed by atoms with E-state index in [1.165, 1.54) is 30.0 Å². The van der Waals surface area contributed by atoms with Crippen LogP contribution < -0.4 is 15.4 Å². The number of rotatable bonds is 4. The molecule has 28 heavy (non-hydrogen) atoms. The zero-order valence-corrected chi connectivity index (χ0v) is 15.9. The quantitative estimate of drug-likeness (QED) is 0.808. The summed E-state index contributed by atoms with van der Waals surface area (Å²) in [6, 6.07) is 7.19. The van der Waals surface area contributed by atoms with E-state index >= 15 is 0 Å². The number of thioether (sulfide) groups is 1. The highest BCUT2D eigenvalue weighted by molar-refractivity contribution is 7.99. The van der Waals surface area contributed by atoms with E-state index in [4.69, 9.17) is 9.47 Å². The van der Waals surface area contributed by atoms with Gasteiger partial charge in [0.1, 0.15) is 17.4 Å². The molecule has 2 aliphatic rings. The number of benzene rings is 2. The lowest BCUT2D eigenvalue weighted by Gasteiger charge is -2.26. The maximum absolute atomic E-state index is 13.9. The van der Waals surface area contributed by atoms with E-state index in [1.807, 2.05) is 6.07 Å². The highest BCUT2D eigenvalue weighted by Gasteiger charge is 2.24. The lowest BCUT2D eigenvalue weighted by molar-refractivity contribution is -0.0172. The van der Waals surface area contributed by atoms with Gasteiger partial charge in [-0.2, -0.15) is 0 Å². The second-order valence-corrected chi connectivity index (χ2v) is 7.77. The lowest BCUT2D eigenvalue weighted by Crippen LogP contribution is -2.40. The molecular formula is C20H20F2N2O3S. The van der Waals surface area contributed by atoms with Gasteiger partial charge in [0.25, 0.3) is 0 Å². The molecule has 0 saturated carbocycles. The van der Waals surface area contributed by atoms with E-state index in [-0.39, 0.29) is 30.5 Å². The summed E-state index contributed by atoms with van der Waals surface area (Å²) in [5, 5.41) is 5.70. The Morgan fingerprint density at radius 1 is 1.29 bits per heavy atom. The molecule has 0 unspecified atom stereocenters. The Labute approximate surface area is 165 Å². The molecule has 2 aliphatic heterocycles. The molecule has 0 saturated heterocycles. The van der Waals surface area contributed by atoms with Crippen molar-refractivity contribution in [1.82, 2.24) is 10.6 Å². The van der Waals surface area contributed by atoms with Gasteiger partial charge in [0.05, 0.1) is 12.6 Å². The summed E-state index contributed by atoms with van der Waals surface area (Å²) in [5.74, 6) is 0.761. The van der Waals surface area contributed by atoms with Crippen molar-refractivity contribution in [3.63, 3.8) is 0 Å². The van der Waals surface area contributed by atoms with Gasteiger partial charge in [-0.25, -0.2) is 13.6 Å². The van der Waals surface area contributed by atoms with Crippen molar-refractivity contribution in [1.29, 1.82) is 0 Å². The number of hydrogen-bond acceptors (Lipinski definition) is 4. The number of hydrogen-bond donors (Lipinski definition) is 2. The maximum atomic E-state index is 13.9. The largest absolute Gasteiger partial charge is 0.467 e. The van der Waals surface area contributed by atoms with Crippen molar-refractivity contribution < 1.29 is 23.0 Å². The van der Waals surface area contributed by atoms with Crippen LogP contribution >= 0.6 is 11.8 Å². The zero-order valence-electron chi connectivity index (χ0n) is 15.1. The Hall–Kier alpha value is -2.32. The number of urea groups is 1. The van der Waals surface area contributed by atoms with Crippen LogP contribution in [0.1, 0.15) is 29.2 Å². The fraction of sp³-hybridized carbons (Fsp3) is 0.350. The SMILES string of the molecule is O=C(NCCc1cc(F)cc2c1OCOC2)N[C@@H]1CCSc2c(F)cccc21. The molecular weight excluding hydrogens is 386 g/mol. The number of fused-ring (bicyclic) bond motifs is 2. The minimum Gasteiger partial charge on any atom is -0.467 e. The molecule has 0 spiro atoms. The van der Waals surface area contributed by atoms with Crippen LogP contribution in [0.15, 0.2) is 35.2 Å². The van der Waals surface area contributed by atoms with Gasteiger partial charge in [0.15, 0.2) is 6.79 Å². The maximum Gasteiger partial charge on any atom is 0.315 e. The summed E-state index contributed by atoms with van der Waals surface area (Å²) in [4.78, 5) is 12.9. The normalized spacial score (nSPS) is 17.9. The predicted octanol–water partition coefficient (Wildman–Crippen LogP) is 3.91. The van der Waals surface area contributed by atoms with Crippen LogP contribution in [0.5, 0.6) is 5.75 Å². The molecule has 4 rings (SSSR count). The number of halogens is 2. The molecule has 0 radical (unpaired) electrons. The minimum atomic E-state index is -0.356. The molecule has 2 aromatic rings. The summed E-state index contributed by atoms with van der Waals surface area (Å²) in [7, 11) is 0. The second kappa shape index (κ2) is 8.36. The second-order valence-electron chi connectivity index (χ2n) is 6.66. The number of nitrogens with one attached hydrogen (secondary N) is 2. The molecule has 0 fully saturated rings. The van der Waals surface area contributed by atoms with E-state index in [0.717, 1.165) is 17.7 Å². The van der Waals surface area contributed by atoms with Crippen molar-refractivity contribution in [2.45, 2.75) is 30.4 Å². The van der Waals surface area contributed by atoms with Crippen molar-refractivity contribution in [3.8, 4) is 5.75 Å². The van der Waals surface area contributed by atoms with E-state index < -0.39 is 0 Å². The Balaban J connectivity index is 1.35. The minimum absolute atomic E-state index is 0.134. The highest BCUT2D eigenvalue weighted by atomic mass is 32.2. The van der Waals surface area contributed by atoms with Gasteiger partial charge in [0.2, 0.25) is 0 Å². The molecule has 148 valence electrons. The van der Waals surface area contributed by atoms with Gasteiger partial charge in [-0.1, -0.05) is 12.1 Å². The highest BCUT2D eigenvalue weighted by Crippen LogP contribution is 2.37. The summed E-state index contributed by atoms with van der Waals surface area (Å²) in [6.07, 6.45) is 1.17. The summed E-state index contributed by atoms with van der Waals surface area (Å²) in [5.41, 5.74) is 2.17. The molecule has 2 aromatic carbocycles. The molecule has 1 atom stereocenters. The molecule has 2 amide bonds. The van der Waals surface area contributed by atoms with Gasteiger partial charge in [-0.3, -0.25) is 0 Å². The Morgan fingerprint density at radius 3 is 3.07 bits per heavy atom. The van der Waals surface area contributed by atoms with Crippen LogP contribution in [0.25, 0.3) is 0 Å². The van der Waals surface area contributed by atoms with E-state index in [1.54, 1.807) is 6.07 Å². The topological polar surface area (TPSA) is 59.6 Å². The van der Waals surface area contributed by atoms with Crippen molar-refractivity contribution in [2.75, 3.05) is 19.1 Å². The van der Waals surface area contributed by atoms with Gasteiger partial charge in [0, 0.05) is 22.8 Å². The third-order valence-corrected chi connectivity index (χ3v) is 5.92. The zero-order chi connectivity index (χ0) is 19.5. The number of carbonyl (C=O) groups excluding carboxylic acids is 1. The fourth-order valence-electron chi connectivity index (χ4n) is 3.50. The Kier molecular flexibility index (Phi) is 5.68. The van der Waals surface area contributed by atoms with Crippen molar-refractivity contribution in [2.24, 2.45) is 0 Å².